The molecular formula is C16H16N2O4. The Hall–Kier alpha value is -2.73. The average molecular weight is 300 g/mol. The molecule has 0 aromatic heterocycles. The summed E-state index contributed by atoms with van der Waals surface area (Å²) in [5.41, 5.74) is 7.21. The van der Waals surface area contributed by atoms with E-state index in [2.05, 4.69) is 5.32 Å². The molecule has 1 aliphatic heterocycles. The molecule has 0 fully saturated rings. The number of hydrogen-bond donors (Lipinski definition) is 2. The van der Waals surface area contributed by atoms with Crippen LogP contribution < -0.4 is 25.3 Å². The lowest BCUT2D eigenvalue weighted by Crippen LogP contribution is -2.21. The molecule has 2 aromatic carbocycles. The van der Waals surface area contributed by atoms with Crippen LogP contribution >= 0.6 is 0 Å². The summed E-state index contributed by atoms with van der Waals surface area (Å²) >= 11 is 0. The van der Waals surface area contributed by atoms with Crippen LogP contribution in [0.1, 0.15) is 5.56 Å². The number of hydrogen-bond acceptors (Lipinski definition) is 5. The van der Waals surface area contributed by atoms with Crippen LogP contribution in [0.3, 0.4) is 0 Å². The van der Waals surface area contributed by atoms with Crippen LogP contribution in [0, 0.1) is 0 Å². The molecule has 0 saturated carbocycles. The first-order valence-electron chi connectivity index (χ1n) is 6.86. The molecule has 3 N–H and O–H groups in total. The zero-order valence-corrected chi connectivity index (χ0v) is 11.9. The molecule has 0 atom stereocenters. The number of anilines is 1. The SMILES string of the molecule is NCc1ccccc1NC(=O)COc1ccc2c(c1)OCO2. The second-order valence-corrected chi connectivity index (χ2v) is 4.71. The van der Waals surface area contributed by atoms with Gasteiger partial charge in [-0.3, -0.25) is 4.79 Å². The first-order chi connectivity index (χ1) is 10.8. The number of nitrogens with two attached hydrogens (primary N) is 1. The van der Waals surface area contributed by atoms with Crippen LogP contribution in [0.5, 0.6) is 17.2 Å². The predicted octanol–water partition coefficient (Wildman–Crippen LogP) is 1.89. The van der Waals surface area contributed by atoms with Gasteiger partial charge in [0.15, 0.2) is 18.1 Å². The molecule has 0 spiro atoms. The van der Waals surface area contributed by atoms with E-state index in [1.807, 2.05) is 18.2 Å². The van der Waals surface area contributed by atoms with E-state index in [0.29, 0.717) is 29.5 Å². The average Bonchev–Trinajstić information content (AvgIpc) is 3.01. The minimum atomic E-state index is -0.251. The monoisotopic (exact) mass is 300 g/mol. The number of nitrogens with one attached hydrogen (secondary N) is 1. The fraction of sp³-hybridized carbons (Fsp3) is 0.188. The molecule has 0 aliphatic carbocycles. The van der Waals surface area contributed by atoms with Gasteiger partial charge in [0.05, 0.1) is 0 Å². The molecule has 0 radical (unpaired) electrons. The van der Waals surface area contributed by atoms with Crippen molar-refractivity contribution < 1.29 is 19.0 Å². The summed E-state index contributed by atoms with van der Waals surface area (Å²) in [5.74, 6) is 1.59. The van der Waals surface area contributed by atoms with E-state index in [-0.39, 0.29) is 19.3 Å². The number of rotatable bonds is 5. The molecule has 0 unspecified atom stereocenters. The first kappa shape index (κ1) is 14.2. The highest BCUT2D eigenvalue weighted by Crippen LogP contribution is 2.35. The number of ether oxygens (including phenoxy) is 3. The fourth-order valence-corrected chi connectivity index (χ4v) is 2.12. The van der Waals surface area contributed by atoms with Crippen LogP contribution in [0.2, 0.25) is 0 Å². The van der Waals surface area contributed by atoms with Crippen molar-refractivity contribution in [2.75, 3.05) is 18.7 Å². The number of benzene rings is 2. The van der Waals surface area contributed by atoms with Gasteiger partial charge in [-0.1, -0.05) is 18.2 Å². The minimum Gasteiger partial charge on any atom is -0.484 e. The molecule has 1 amide bonds. The summed E-state index contributed by atoms with van der Waals surface area (Å²) < 4.78 is 15.9. The Bertz CT molecular complexity index is 688. The van der Waals surface area contributed by atoms with Crippen molar-refractivity contribution in [1.82, 2.24) is 0 Å². The van der Waals surface area contributed by atoms with Crippen molar-refractivity contribution in [3.8, 4) is 17.2 Å². The van der Waals surface area contributed by atoms with E-state index in [4.69, 9.17) is 19.9 Å². The lowest BCUT2D eigenvalue weighted by Gasteiger charge is -2.10. The summed E-state index contributed by atoms with van der Waals surface area (Å²) in [4.78, 5) is 12.0. The Labute approximate surface area is 127 Å². The van der Waals surface area contributed by atoms with E-state index in [9.17, 15) is 4.79 Å². The molecule has 0 saturated heterocycles. The Morgan fingerprint density at radius 2 is 2.00 bits per heavy atom. The lowest BCUT2D eigenvalue weighted by atomic mass is 10.2. The van der Waals surface area contributed by atoms with Crippen molar-refractivity contribution in [1.29, 1.82) is 0 Å². The fourth-order valence-electron chi connectivity index (χ4n) is 2.12. The smallest absolute Gasteiger partial charge is 0.262 e. The van der Waals surface area contributed by atoms with Crippen molar-refractivity contribution in [3.05, 3.63) is 48.0 Å². The summed E-state index contributed by atoms with van der Waals surface area (Å²) in [7, 11) is 0. The maximum atomic E-state index is 12.0. The van der Waals surface area contributed by atoms with Gasteiger partial charge in [0, 0.05) is 18.3 Å². The number of amides is 1. The third-order valence-corrected chi connectivity index (χ3v) is 3.23. The van der Waals surface area contributed by atoms with Gasteiger partial charge in [0.25, 0.3) is 5.91 Å². The molecule has 1 aliphatic rings. The molecule has 22 heavy (non-hydrogen) atoms. The third-order valence-electron chi connectivity index (χ3n) is 3.23. The molecular weight excluding hydrogens is 284 g/mol. The highest BCUT2D eigenvalue weighted by molar-refractivity contribution is 5.92. The quantitative estimate of drug-likeness (QED) is 0.881. The zero-order valence-electron chi connectivity index (χ0n) is 11.9. The summed E-state index contributed by atoms with van der Waals surface area (Å²) in [6, 6.07) is 12.6. The highest BCUT2D eigenvalue weighted by Gasteiger charge is 2.14. The molecule has 1 heterocycles. The van der Waals surface area contributed by atoms with Crippen LogP contribution in [0.15, 0.2) is 42.5 Å². The van der Waals surface area contributed by atoms with E-state index < -0.39 is 0 Å². The van der Waals surface area contributed by atoms with Gasteiger partial charge in [-0.25, -0.2) is 0 Å². The van der Waals surface area contributed by atoms with E-state index >= 15 is 0 Å². The van der Waals surface area contributed by atoms with Crippen molar-refractivity contribution in [2.45, 2.75) is 6.54 Å². The lowest BCUT2D eigenvalue weighted by molar-refractivity contribution is -0.118. The minimum absolute atomic E-state index is 0.0987. The van der Waals surface area contributed by atoms with Crippen LogP contribution in [-0.2, 0) is 11.3 Å². The Kier molecular flexibility index (Phi) is 4.11. The van der Waals surface area contributed by atoms with Gasteiger partial charge in [0.2, 0.25) is 6.79 Å². The molecule has 3 rings (SSSR count). The van der Waals surface area contributed by atoms with Crippen LogP contribution in [0.4, 0.5) is 5.69 Å². The van der Waals surface area contributed by atoms with Gasteiger partial charge >= 0.3 is 0 Å². The molecule has 114 valence electrons. The molecule has 6 nitrogen and oxygen atoms in total. The molecule has 2 aromatic rings. The number of para-hydroxylation sites is 1. The topological polar surface area (TPSA) is 82.8 Å². The highest BCUT2D eigenvalue weighted by atomic mass is 16.7. The number of carbonyl (C=O) groups is 1. The van der Waals surface area contributed by atoms with Crippen molar-refractivity contribution >= 4 is 11.6 Å². The molecule has 6 heteroatoms. The predicted molar refractivity (Wildman–Crippen MR) is 81.0 cm³/mol. The maximum absolute atomic E-state index is 12.0. The van der Waals surface area contributed by atoms with Crippen molar-refractivity contribution in [3.63, 3.8) is 0 Å². The number of carbonyl (C=O) groups excluding carboxylic acids is 1. The summed E-state index contributed by atoms with van der Waals surface area (Å²) in [6.45, 7) is 0.465. The van der Waals surface area contributed by atoms with E-state index in [0.717, 1.165) is 5.56 Å². The maximum Gasteiger partial charge on any atom is 0.262 e. The second kappa shape index (κ2) is 6.36. The van der Waals surface area contributed by atoms with Gasteiger partial charge in [0.1, 0.15) is 5.75 Å². The van der Waals surface area contributed by atoms with Gasteiger partial charge in [-0.2, -0.15) is 0 Å². The summed E-state index contributed by atoms with van der Waals surface area (Å²) in [6.07, 6.45) is 0. The Balaban J connectivity index is 1.58. The normalized spacial score (nSPS) is 12.0. The summed E-state index contributed by atoms with van der Waals surface area (Å²) in [5, 5.41) is 2.78. The Morgan fingerprint density at radius 3 is 2.86 bits per heavy atom. The Morgan fingerprint density at radius 1 is 1.18 bits per heavy atom. The standard InChI is InChI=1S/C16H16N2O4/c17-8-11-3-1-2-4-13(11)18-16(19)9-20-12-5-6-14-15(7-12)22-10-21-14/h1-7H,8-10,17H2,(H,18,19). The van der Waals surface area contributed by atoms with E-state index in [1.54, 1.807) is 24.3 Å². The van der Waals surface area contributed by atoms with Crippen molar-refractivity contribution in [2.24, 2.45) is 5.73 Å². The molecule has 0 bridgehead atoms. The van der Waals surface area contributed by atoms with Gasteiger partial charge in [-0.05, 0) is 23.8 Å². The van der Waals surface area contributed by atoms with E-state index in [1.165, 1.54) is 0 Å². The third kappa shape index (κ3) is 3.12. The van der Waals surface area contributed by atoms with Crippen LogP contribution in [-0.4, -0.2) is 19.3 Å². The van der Waals surface area contributed by atoms with Crippen LogP contribution in [0.25, 0.3) is 0 Å². The first-order valence-corrected chi connectivity index (χ1v) is 6.86. The largest absolute Gasteiger partial charge is 0.484 e. The second-order valence-electron chi connectivity index (χ2n) is 4.71. The zero-order chi connectivity index (χ0) is 15.4. The van der Waals surface area contributed by atoms with Gasteiger partial charge in [-0.15, -0.1) is 0 Å². The number of fused-ring (bicyclic) bond motifs is 1. The van der Waals surface area contributed by atoms with Gasteiger partial charge < -0.3 is 25.3 Å².